The number of amides is 4. The van der Waals surface area contributed by atoms with Gasteiger partial charge in [0.25, 0.3) is 5.91 Å². The van der Waals surface area contributed by atoms with Crippen molar-refractivity contribution in [1.82, 2.24) is 20.1 Å². The van der Waals surface area contributed by atoms with E-state index >= 15 is 0 Å². The van der Waals surface area contributed by atoms with Gasteiger partial charge in [0.15, 0.2) is 0 Å². The molecular formula is C32H40N4O5Si. The smallest absolute Gasteiger partial charge is 0.327 e. The molecule has 0 bridgehead atoms. The number of β-lactam (4-membered cyclic amide) rings is 1. The molecule has 2 aliphatic rings. The number of benzene rings is 2. The van der Waals surface area contributed by atoms with Gasteiger partial charge < -0.3 is 19.7 Å². The lowest BCUT2D eigenvalue weighted by molar-refractivity contribution is -0.153. The molecule has 2 atom stereocenters. The van der Waals surface area contributed by atoms with Crippen LogP contribution in [0.2, 0.25) is 25.7 Å². The van der Waals surface area contributed by atoms with Crippen LogP contribution >= 0.6 is 0 Å². The van der Waals surface area contributed by atoms with Gasteiger partial charge in [0.1, 0.15) is 24.6 Å². The number of carbonyl (C=O) groups is 3. The molecule has 0 saturated carbocycles. The Morgan fingerprint density at radius 3 is 2.40 bits per heavy atom. The van der Waals surface area contributed by atoms with Crippen molar-refractivity contribution in [2.45, 2.75) is 64.0 Å². The van der Waals surface area contributed by atoms with Crippen molar-refractivity contribution in [3.8, 4) is 5.75 Å². The molecule has 2 aromatic carbocycles. The fourth-order valence-corrected chi connectivity index (χ4v) is 6.36. The summed E-state index contributed by atoms with van der Waals surface area (Å²) in [5, 5.41) is 3.84. The summed E-state index contributed by atoms with van der Waals surface area (Å²) >= 11 is 0. The van der Waals surface area contributed by atoms with E-state index < -0.39 is 25.1 Å². The van der Waals surface area contributed by atoms with Crippen LogP contribution in [0.25, 0.3) is 10.9 Å². The molecule has 0 aliphatic carbocycles. The number of hydrogen-bond donors (Lipinski definition) is 1. The van der Waals surface area contributed by atoms with Crippen molar-refractivity contribution in [1.29, 1.82) is 0 Å². The molecule has 42 heavy (non-hydrogen) atoms. The van der Waals surface area contributed by atoms with Crippen LogP contribution in [-0.4, -0.2) is 72.7 Å². The van der Waals surface area contributed by atoms with Gasteiger partial charge in [-0.05, 0) is 56.6 Å². The third-order valence-electron chi connectivity index (χ3n) is 8.15. The molecule has 0 radical (unpaired) electrons. The average Bonchev–Trinajstić information content (AvgIpc) is 3.15. The minimum atomic E-state index is -1.28. The Balaban J connectivity index is 1.17. The van der Waals surface area contributed by atoms with Gasteiger partial charge in [-0.2, -0.15) is 0 Å². The largest absolute Gasteiger partial charge is 0.489 e. The topological polar surface area (TPSA) is 101 Å². The summed E-state index contributed by atoms with van der Waals surface area (Å²) in [7, 11) is -1.28. The lowest BCUT2D eigenvalue weighted by Gasteiger charge is -2.49. The molecule has 2 aliphatic heterocycles. The first-order valence-electron chi connectivity index (χ1n) is 14.4. The molecule has 222 valence electrons. The van der Waals surface area contributed by atoms with Crippen LogP contribution in [0.1, 0.15) is 30.7 Å². The van der Waals surface area contributed by atoms with Crippen LogP contribution in [0, 0.1) is 6.92 Å². The molecule has 2 fully saturated rings. The van der Waals surface area contributed by atoms with E-state index in [4.69, 9.17) is 9.47 Å². The van der Waals surface area contributed by atoms with E-state index in [0.717, 1.165) is 38.7 Å². The van der Waals surface area contributed by atoms with Crippen LogP contribution in [-0.2, 0) is 26.3 Å². The molecule has 3 aromatic rings. The molecule has 3 heterocycles. The maximum atomic E-state index is 13.4. The maximum absolute atomic E-state index is 13.4. The number of hydrogen-bond acceptors (Lipinski definition) is 6. The summed E-state index contributed by atoms with van der Waals surface area (Å²) in [6.07, 6.45) is 0. The predicted octanol–water partition coefficient (Wildman–Crippen LogP) is 4.84. The van der Waals surface area contributed by atoms with Crippen molar-refractivity contribution in [3.63, 3.8) is 0 Å². The number of urea groups is 1. The Kier molecular flexibility index (Phi) is 7.89. The van der Waals surface area contributed by atoms with E-state index in [1.165, 1.54) is 0 Å². The highest BCUT2D eigenvalue weighted by atomic mass is 28.3. The summed E-state index contributed by atoms with van der Waals surface area (Å²) < 4.78 is 11.7. The van der Waals surface area contributed by atoms with Crippen molar-refractivity contribution < 1.29 is 23.9 Å². The first-order valence-corrected chi connectivity index (χ1v) is 18.1. The fourth-order valence-electron chi connectivity index (χ4n) is 5.60. The number of nitrogens with zero attached hydrogens (tertiary/aromatic N) is 3. The number of pyridine rings is 1. The summed E-state index contributed by atoms with van der Waals surface area (Å²) in [5.74, 6) is 0.257. The molecule has 10 heteroatoms. The van der Waals surface area contributed by atoms with Crippen molar-refractivity contribution >= 4 is 36.8 Å². The van der Waals surface area contributed by atoms with Crippen LogP contribution in [0.4, 0.5) is 4.79 Å². The number of likely N-dealkylation sites (tertiary alicyclic amines) is 1. The molecule has 1 aromatic heterocycles. The third-order valence-corrected chi connectivity index (χ3v) is 9.86. The van der Waals surface area contributed by atoms with E-state index in [9.17, 15) is 14.4 Å². The summed E-state index contributed by atoms with van der Waals surface area (Å²) in [6.45, 7) is 13.7. The number of para-hydroxylation sites is 1. The molecular weight excluding hydrogens is 548 g/mol. The van der Waals surface area contributed by atoms with E-state index in [2.05, 4.69) is 29.9 Å². The quantitative estimate of drug-likeness (QED) is 0.149. The van der Waals surface area contributed by atoms with Gasteiger partial charge in [0.2, 0.25) is 5.91 Å². The second-order valence-electron chi connectivity index (χ2n) is 13.1. The minimum absolute atomic E-state index is 0.0805. The fraction of sp³-hybridized carbons (Fsp3) is 0.438. The second kappa shape index (κ2) is 11.1. The van der Waals surface area contributed by atoms with Gasteiger partial charge in [-0.15, -0.1) is 0 Å². The standard InChI is InChI=1S/C32H40N4O5Si/c1-22-17-23(26-9-7-8-10-27(26)33-22)18-41-25-13-11-24(12-14-25)31(2)19-35(28(31)37)20-32(3)29(38)36(30(39)34-32)21-40-15-16-42(4,5)6/h7-14,17H,15-16,18-21H2,1-6H3,(H,34,39). The van der Waals surface area contributed by atoms with Crippen LogP contribution in [0.3, 0.4) is 0 Å². The van der Waals surface area contributed by atoms with Gasteiger partial charge in [0.05, 0.1) is 17.5 Å². The van der Waals surface area contributed by atoms with Crippen LogP contribution < -0.4 is 10.1 Å². The lowest BCUT2D eigenvalue weighted by Crippen LogP contribution is -2.67. The van der Waals surface area contributed by atoms with Crippen LogP contribution in [0.5, 0.6) is 5.75 Å². The van der Waals surface area contributed by atoms with E-state index in [0.29, 0.717) is 25.5 Å². The number of ether oxygens (including phenoxy) is 2. The number of aromatic nitrogens is 1. The highest BCUT2D eigenvalue weighted by Crippen LogP contribution is 2.38. The Hall–Kier alpha value is -3.76. The average molecular weight is 589 g/mol. The first-order chi connectivity index (χ1) is 19.8. The van der Waals surface area contributed by atoms with Crippen LogP contribution in [0.15, 0.2) is 54.6 Å². The number of rotatable bonds is 11. The molecule has 1 N–H and O–H groups in total. The van der Waals surface area contributed by atoms with E-state index in [1.807, 2.05) is 68.4 Å². The lowest BCUT2D eigenvalue weighted by atomic mass is 9.74. The zero-order chi connectivity index (χ0) is 30.3. The van der Waals surface area contributed by atoms with Gasteiger partial charge in [-0.25, -0.2) is 9.69 Å². The summed E-state index contributed by atoms with van der Waals surface area (Å²) in [6, 6.07) is 18.1. The zero-order valence-electron chi connectivity index (χ0n) is 25.3. The predicted molar refractivity (Wildman–Crippen MR) is 164 cm³/mol. The van der Waals surface area contributed by atoms with Gasteiger partial charge in [-0.1, -0.05) is 50.0 Å². The molecule has 5 rings (SSSR count). The number of nitrogens with one attached hydrogen (secondary N) is 1. The van der Waals surface area contributed by atoms with E-state index in [-0.39, 0.29) is 25.1 Å². The van der Waals surface area contributed by atoms with Crippen molar-refractivity contribution in [2.75, 3.05) is 26.4 Å². The highest BCUT2D eigenvalue weighted by molar-refractivity contribution is 6.76. The SMILES string of the molecule is Cc1cc(COc2ccc(C3(C)CN(CC4(C)NC(=O)N(COCC[Si](C)(C)C)C4=O)C3=O)cc2)c2ccccc2n1. The molecule has 4 amide bonds. The summed E-state index contributed by atoms with van der Waals surface area (Å²) in [5.41, 5.74) is 1.93. The van der Waals surface area contributed by atoms with Gasteiger partial charge >= 0.3 is 6.03 Å². The Morgan fingerprint density at radius 1 is 1.00 bits per heavy atom. The molecule has 2 saturated heterocycles. The van der Waals surface area contributed by atoms with Gasteiger partial charge in [-0.3, -0.25) is 14.6 Å². The van der Waals surface area contributed by atoms with Crippen molar-refractivity contribution in [2.24, 2.45) is 0 Å². The first kappa shape index (κ1) is 29.7. The molecule has 0 spiro atoms. The van der Waals surface area contributed by atoms with E-state index in [1.54, 1.807) is 11.8 Å². The normalized spacial score (nSPS) is 22.5. The number of fused-ring (bicyclic) bond motifs is 1. The Morgan fingerprint density at radius 2 is 1.71 bits per heavy atom. The number of imide groups is 1. The second-order valence-corrected chi connectivity index (χ2v) is 18.7. The zero-order valence-corrected chi connectivity index (χ0v) is 26.3. The number of carbonyl (C=O) groups excluding carboxylic acids is 3. The molecule has 9 nitrogen and oxygen atoms in total. The maximum Gasteiger partial charge on any atom is 0.327 e. The molecule has 2 unspecified atom stereocenters. The number of aryl methyl sites for hydroxylation is 1. The third kappa shape index (κ3) is 5.91. The Bertz CT molecular complexity index is 1520. The Labute approximate surface area is 248 Å². The van der Waals surface area contributed by atoms with Crippen molar-refractivity contribution in [3.05, 3.63) is 71.4 Å². The minimum Gasteiger partial charge on any atom is -0.489 e. The monoisotopic (exact) mass is 588 g/mol. The van der Waals surface area contributed by atoms with Gasteiger partial charge in [0, 0.05) is 37.9 Å². The highest BCUT2D eigenvalue weighted by Gasteiger charge is 2.55. The summed E-state index contributed by atoms with van der Waals surface area (Å²) in [4.78, 5) is 46.4.